The van der Waals surface area contributed by atoms with E-state index in [1.165, 1.54) is 11.3 Å². The molecule has 3 aromatic rings. The number of imidazole rings is 1. The quantitative estimate of drug-likeness (QED) is 0.719. The number of thiophene rings is 1. The summed E-state index contributed by atoms with van der Waals surface area (Å²) in [7, 11) is 0. The van der Waals surface area contributed by atoms with Crippen molar-refractivity contribution in [3.8, 4) is 16.5 Å². The van der Waals surface area contributed by atoms with E-state index in [-0.39, 0.29) is 5.75 Å². The molecule has 80 valence electrons. The van der Waals surface area contributed by atoms with E-state index < -0.39 is 0 Å². The van der Waals surface area contributed by atoms with Crippen molar-refractivity contribution in [1.29, 1.82) is 0 Å². The number of pyridine rings is 1. The third-order valence-electron chi connectivity index (χ3n) is 2.31. The Morgan fingerprint density at radius 1 is 1.25 bits per heavy atom. The topological polar surface area (TPSA) is 37.5 Å². The molecule has 0 unspecified atom stereocenters. The Labute approximate surface area is 101 Å². The van der Waals surface area contributed by atoms with Crippen molar-refractivity contribution in [1.82, 2.24) is 9.38 Å². The first-order valence-electron chi connectivity index (χ1n) is 4.66. The summed E-state index contributed by atoms with van der Waals surface area (Å²) in [5.74, 6) is 1.01. The SMILES string of the molecule is Oc1ccc2cnc(-c3ccc(Cl)s3)n2c1. The lowest BCUT2D eigenvalue weighted by molar-refractivity contribution is 0.472. The van der Waals surface area contributed by atoms with E-state index in [2.05, 4.69) is 4.98 Å². The summed E-state index contributed by atoms with van der Waals surface area (Å²) in [5, 5.41) is 9.45. The Hall–Kier alpha value is -1.52. The number of fused-ring (bicyclic) bond motifs is 1. The molecule has 1 N–H and O–H groups in total. The van der Waals surface area contributed by atoms with Gasteiger partial charge in [-0.3, -0.25) is 4.40 Å². The van der Waals surface area contributed by atoms with Crippen LogP contribution in [-0.2, 0) is 0 Å². The average molecular weight is 251 g/mol. The van der Waals surface area contributed by atoms with Gasteiger partial charge in [0.2, 0.25) is 0 Å². The van der Waals surface area contributed by atoms with Gasteiger partial charge in [0, 0.05) is 0 Å². The lowest BCUT2D eigenvalue weighted by Crippen LogP contribution is -1.86. The van der Waals surface area contributed by atoms with Gasteiger partial charge in [0.25, 0.3) is 0 Å². The summed E-state index contributed by atoms with van der Waals surface area (Å²) in [6, 6.07) is 7.22. The molecule has 3 nitrogen and oxygen atoms in total. The van der Waals surface area contributed by atoms with Gasteiger partial charge in [-0.2, -0.15) is 0 Å². The van der Waals surface area contributed by atoms with E-state index in [9.17, 15) is 5.11 Å². The van der Waals surface area contributed by atoms with Crippen LogP contribution in [0.2, 0.25) is 4.34 Å². The zero-order chi connectivity index (χ0) is 11.1. The fraction of sp³-hybridized carbons (Fsp3) is 0. The van der Waals surface area contributed by atoms with Crippen molar-refractivity contribution in [3.63, 3.8) is 0 Å². The van der Waals surface area contributed by atoms with Crippen LogP contribution in [-0.4, -0.2) is 14.5 Å². The normalized spacial score (nSPS) is 11.1. The van der Waals surface area contributed by atoms with Crippen LogP contribution in [0.3, 0.4) is 0 Å². The highest BCUT2D eigenvalue weighted by molar-refractivity contribution is 7.19. The van der Waals surface area contributed by atoms with Gasteiger partial charge in [0.05, 0.1) is 27.1 Å². The fourth-order valence-electron chi connectivity index (χ4n) is 1.60. The zero-order valence-electron chi connectivity index (χ0n) is 8.09. The van der Waals surface area contributed by atoms with Gasteiger partial charge in [-0.05, 0) is 24.3 Å². The molecular formula is C11H7ClN2OS. The predicted molar refractivity (Wildman–Crippen MR) is 65.2 cm³/mol. The number of hydrogen-bond acceptors (Lipinski definition) is 3. The number of aromatic nitrogens is 2. The van der Waals surface area contributed by atoms with Crippen LogP contribution in [0.4, 0.5) is 0 Å². The van der Waals surface area contributed by atoms with Gasteiger partial charge in [-0.1, -0.05) is 11.6 Å². The van der Waals surface area contributed by atoms with Crippen molar-refractivity contribution < 1.29 is 5.11 Å². The van der Waals surface area contributed by atoms with Crippen LogP contribution in [0.5, 0.6) is 5.75 Å². The van der Waals surface area contributed by atoms with Crippen molar-refractivity contribution in [2.75, 3.05) is 0 Å². The van der Waals surface area contributed by atoms with Crippen molar-refractivity contribution in [3.05, 3.63) is 41.0 Å². The molecule has 5 heteroatoms. The van der Waals surface area contributed by atoms with Crippen LogP contribution in [0.25, 0.3) is 16.2 Å². The molecule has 0 aliphatic heterocycles. The van der Waals surface area contributed by atoms with Crippen molar-refractivity contribution in [2.24, 2.45) is 0 Å². The van der Waals surface area contributed by atoms with E-state index in [4.69, 9.17) is 11.6 Å². The van der Waals surface area contributed by atoms with E-state index in [0.29, 0.717) is 0 Å². The van der Waals surface area contributed by atoms with E-state index in [0.717, 1.165) is 20.6 Å². The average Bonchev–Trinajstić information content (AvgIpc) is 2.83. The summed E-state index contributed by atoms with van der Waals surface area (Å²) in [6.45, 7) is 0. The Kier molecular flexibility index (Phi) is 2.12. The lowest BCUT2D eigenvalue weighted by Gasteiger charge is -1.99. The standard InChI is InChI=1S/C11H7ClN2OS/c12-10-4-3-9(16-10)11-13-5-7-1-2-8(15)6-14(7)11/h1-6,15H. The molecular weight excluding hydrogens is 244 g/mol. The molecule has 0 spiro atoms. The van der Waals surface area contributed by atoms with Crippen LogP contribution in [0.1, 0.15) is 0 Å². The van der Waals surface area contributed by atoms with Crippen LogP contribution < -0.4 is 0 Å². The monoisotopic (exact) mass is 250 g/mol. The van der Waals surface area contributed by atoms with Crippen molar-refractivity contribution >= 4 is 28.5 Å². The summed E-state index contributed by atoms with van der Waals surface area (Å²) in [5.41, 5.74) is 0.942. The molecule has 0 bridgehead atoms. The van der Waals surface area contributed by atoms with E-state index in [1.807, 2.05) is 22.6 Å². The maximum atomic E-state index is 9.45. The van der Waals surface area contributed by atoms with E-state index >= 15 is 0 Å². The molecule has 3 rings (SSSR count). The molecule has 0 aliphatic rings. The second-order valence-electron chi connectivity index (χ2n) is 3.37. The van der Waals surface area contributed by atoms with Crippen LogP contribution in [0, 0.1) is 0 Å². The number of halogens is 1. The van der Waals surface area contributed by atoms with Crippen molar-refractivity contribution in [2.45, 2.75) is 0 Å². The predicted octanol–water partition coefficient (Wildman–Crippen LogP) is 3.42. The molecule has 0 fully saturated rings. The van der Waals surface area contributed by atoms with Gasteiger partial charge >= 0.3 is 0 Å². The second-order valence-corrected chi connectivity index (χ2v) is 5.08. The smallest absolute Gasteiger partial charge is 0.154 e. The molecule has 3 aromatic heterocycles. The highest BCUT2D eigenvalue weighted by atomic mass is 35.5. The molecule has 3 heterocycles. The third-order valence-corrected chi connectivity index (χ3v) is 3.53. The summed E-state index contributed by atoms with van der Waals surface area (Å²) >= 11 is 7.36. The second kappa shape index (κ2) is 3.50. The van der Waals surface area contributed by atoms with Crippen LogP contribution >= 0.6 is 22.9 Å². The Balaban J connectivity index is 2.27. The summed E-state index contributed by atoms with van der Waals surface area (Å²) in [4.78, 5) is 5.31. The number of aromatic hydroxyl groups is 1. The lowest BCUT2D eigenvalue weighted by atomic mass is 10.4. The minimum Gasteiger partial charge on any atom is -0.506 e. The zero-order valence-corrected chi connectivity index (χ0v) is 9.66. The first-order chi connectivity index (χ1) is 7.74. The summed E-state index contributed by atoms with van der Waals surface area (Å²) in [6.07, 6.45) is 3.41. The van der Waals surface area contributed by atoms with Gasteiger partial charge in [-0.15, -0.1) is 11.3 Å². The molecule has 0 saturated heterocycles. The fourth-order valence-corrected chi connectivity index (χ4v) is 2.63. The summed E-state index contributed by atoms with van der Waals surface area (Å²) < 4.78 is 2.57. The molecule has 0 saturated carbocycles. The minimum absolute atomic E-state index is 0.217. The molecule has 0 radical (unpaired) electrons. The Morgan fingerprint density at radius 2 is 2.12 bits per heavy atom. The first-order valence-corrected chi connectivity index (χ1v) is 5.85. The molecule has 16 heavy (non-hydrogen) atoms. The molecule has 0 amide bonds. The maximum absolute atomic E-state index is 9.45. The van der Waals surface area contributed by atoms with Gasteiger partial charge in [0.1, 0.15) is 5.75 Å². The molecule has 0 aliphatic carbocycles. The van der Waals surface area contributed by atoms with E-state index in [1.54, 1.807) is 18.5 Å². The van der Waals surface area contributed by atoms with Gasteiger partial charge in [-0.25, -0.2) is 4.98 Å². The number of nitrogens with zero attached hydrogens (tertiary/aromatic N) is 2. The number of rotatable bonds is 1. The third kappa shape index (κ3) is 1.47. The minimum atomic E-state index is 0.217. The largest absolute Gasteiger partial charge is 0.506 e. The Bertz CT molecular complexity index is 659. The maximum Gasteiger partial charge on any atom is 0.154 e. The molecule has 0 aromatic carbocycles. The first kappa shape index (κ1) is 9.69. The van der Waals surface area contributed by atoms with Gasteiger partial charge in [0.15, 0.2) is 5.82 Å². The van der Waals surface area contributed by atoms with Crippen LogP contribution in [0.15, 0.2) is 36.7 Å². The number of hydrogen-bond donors (Lipinski definition) is 1. The highest BCUT2D eigenvalue weighted by Crippen LogP contribution is 2.31. The molecule has 0 atom stereocenters. The van der Waals surface area contributed by atoms with Gasteiger partial charge < -0.3 is 5.11 Å². The Morgan fingerprint density at radius 3 is 2.88 bits per heavy atom. The highest BCUT2D eigenvalue weighted by Gasteiger charge is 2.08.